The maximum atomic E-state index is 5.39. The molecule has 0 unspecified atom stereocenters. The Morgan fingerprint density at radius 3 is 2.43 bits per heavy atom. The minimum Gasteiger partial charge on any atom is -0.377 e. The van der Waals surface area contributed by atoms with Crippen molar-refractivity contribution in [3.8, 4) is 0 Å². The van der Waals surface area contributed by atoms with Crippen molar-refractivity contribution in [1.82, 2.24) is 15.5 Å². The summed E-state index contributed by atoms with van der Waals surface area (Å²) < 4.78 is 5.39. The molecule has 0 aromatic carbocycles. The van der Waals surface area contributed by atoms with Crippen LogP contribution in [0, 0.1) is 5.92 Å². The van der Waals surface area contributed by atoms with Gasteiger partial charge in [-0.25, -0.2) is 0 Å². The molecule has 5 nitrogen and oxygen atoms in total. The molecule has 0 amide bonds. The highest BCUT2D eigenvalue weighted by molar-refractivity contribution is 14.0. The number of piperidine rings is 1. The smallest absolute Gasteiger partial charge is 0.191 e. The predicted octanol–water partition coefficient (Wildman–Crippen LogP) is 1.93. The van der Waals surface area contributed by atoms with Gasteiger partial charge in [0.15, 0.2) is 5.96 Å². The average molecular weight is 412 g/mol. The molecule has 0 aliphatic carbocycles. The molecule has 2 N–H and O–H groups in total. The molecule has 0 radical (unpaired) electrons. The van der Waals surface area contributed by atoms with E-state index in [-0.39, 0.29) is 29.6 Å². The summed E-state index contributed by atoms with van der Waals surface area (Å²) in [4.78, 5) is 6.77. The van der Waals surface area contributed by atoms with E-state index in [4.69, 9.17) is 4.74 Å². The van der Waals surface area contributed by atoms with Gasteiger partial charge in [-0.2, -0.15) is 0 Å². The number of likely N-dealkylation sites (tertiary alicyclic amines) is 1. The van der Waals surface area contributed by atoms with Crippen molar-refractivity contribution in [3.05, 3.63) is 0 Å². The van der Waals surface area contributed by atoms with Crippen molar-refractivity contribution < 1.29 is 4.74 Å². The van der Waals surface area contributed by atoms with Crippen molar-refractivity contribution in [3.63, 3.8) is 0 Å². The molecule has 1 rings (SSSR count). The average Bonchev–Trinajstić information content (AvgIpc) is 2.44. The molecular weight excluding hydrogens is 379 g/mol. The first-order valence-corrected chi connectivity index (χ1v) is 7.69. The monoisotopic (exact) mass is 412 g/mol. The molecule has 1 saturated heterocycles. The standard InChI is InChI=1S/C15H32N4O.HI/c1-13-6-9-19(10-7-13)11-8-17-14(16-4)18-12-15(2,3)20-5;/h13H,6-12H2,1-5H3,(H2,16,17,18);1H. The topological polar surface area (TPSA) is 48.9 Å². The van der Waals surface area contributed by atoms with E-state index in [1.54, 1.807) is 14.2 Å². The van der Waals surface area contributed by atoms with Gasteiger partial charge in [0.2, 0.25) is 0 Å². The highest BCUT2D eigenvalue weighted by atomic mass is 127. The highest BCUT2D eigenvalue weighted by Gasteiger charge is 2.17. The molecule has 0 saturated carbocycles. The van der Waals surface area contributed by atoms with Crippen LogP contribution in [-0.4, -0.2) is 63.3 Å². The van der Waals surface area contributed by atoms with E-state index in [0.29, 0.717) is 0 Å². The minimum absolute atomic E-state index is 0. The van der Waals surface area contributed by atoms with E-state index in [2.05, 4.69) is 41.3 Å². The van der Waals surface area contributed by atoms with Crippen molar-refractivity contribution in [1.29, 1.82) is 0 Å². The van der Waals surface area contributed by atoms with Gasteiger partial charge in [0, 0.05) is 33.8 Å². The van der Waals surface area contributed by atoms with Gasteiger partial charge in [-0.05, 0) is 45.7 Å². The predicted molar refractivity (Wildman–Crippen MR) is 101 cm³/mol. The normalized spacial score (nSPS) is 18.2. The zero-order chi connectivity index (χ0) is 15.0. The summed E-state index contributed by atoms with van der Waals surface area (Å²) in [5.74, 6) is 1.74. The Hall–Kier alpha value is -0.0800. The van der Waals surface area contributed by atoms with Gasteiger partial charge in [0.05, 0.1) is 5.60 Å². The van der Waals surface area contributed by atoms with Crippen LogP contribution in [0.1, 0.15) is 33.6 Å². The second-order valence-corrected chi connectivity index (χ2v) is 6.34. The third kappa shape index (κ3) is 8.83. The van der Waals surface area contributed by atoms with E-state index in [1.807, 2.05) is 0 Å². The van der Waals surface area contributed by atoms with E-state index in [9.17, 15) is 0 Å². The van der Waals surface area contributed by atoms with Crippen molar-refractivity contribution in [2.45, 2.75) is 39.2 Å². The fourth-order valence-corrected chi connectivity index (χ4v) is 2.21. The number of nitrogens with one attached hydrogen (secondary N) is 2. The maximum Gasteiger partial charge on any atom is 0.191 e. The van der Waals surface area contributed by atoms with Crippen molar-refractivity contribution >= 4 is 29.9 Å². The second kappa shape index (κ2) is 10.6. The lowest BCUT2D eigenvalue weighted by Gasteiger charge is -2.30. The van der Waals surface area contributed by atoms with Gasteiger partial charge >= 0.3 is 0 Å². The Balaban J connectivity index is 0.00000400. The van der Waals surface area contributed by atoms with E-state index in [1.165, 1.54) is 25.9 Å². The van der Waals surface area contributed by atoms with Crippen LogP contribution in [0.5, 0.6) is 0 Å². The van der Waals surface area contributed by atoms with Crippen LogP contribution in [0.25, 0.3) is 0 Å². The van der Waals surface area contributed by atoms with Crippen LogP contribution < -0.4 is 10.6 Å². The first-order valence-electron chi connectivity index (χ1n) is 7.69. The lowest BCUT2D eigenvalue weighted by atomic mass is 9.99. The second-order valence-electron chi connectivity index (χ2n) is 6.34. The van der Waals surface area contributed by atoms with Crippen molar-refractivity contribution in [2.24, 2.45) is 10.9 Å². The van der Waals surface area contributed by atoms with Gasteiger partial charge < -0.3 is 20.3 Å². The van der Waals surface area contributed by atoms with Gasteiger partial charge in [-0.3, -0.25) is 4.99 Å². The summed E-state index contributed by atoms with van der Waals surface area (Å²) in [5.41, 5.74) is -0.180. The molecule has 21 heavy (non-hydrogen) atoms. The van der Waals surface area contributed by atoms with E-state index >= 15 is 0 Å². The molecule has 0 aromatic rings. The Labute approximate surface area is 147 Å². The van der Waals surface area contributed by atoms with Gasteiger partial charge in [0.25, 0.3) is 0 Å². The third-order valence-corrected chi connectivity index (χ3v) is 4.05. The largest absolute Gasteiger partial charge is 0.377 e. The molecule has 0 aromatic heterocycles. The summed E-state index contributed by atoms with van der Waals surface area (Å²) in [6.07, 6.45) is 2.66. The molecule has 6 heteroatoms. The molecule has 0 atom stereocenters. The number of aliphatic imine (C=N–C) groups is 1. The number of halogens is 1. The first kappa shape index (κ1) is 20.9. The molecular formula is C15H33IN4O. The summed E-state index contributed by atoms with van der Waals surface area (Å²) in [6, 6.07) is 0. The lowest BCUT2D eigenvalue weighted by Crippen LogP contribution is -2.47. The number of guanidine groups is 1. The first-order chi connectivity index (χ1) is 9.46. The number of rotatable bonds is 6. The summed E-state index contributed by atoms with van der Waals surface area (Å²) in [6.45, 7) is 11.7. The number of hydrogen-bond donors (Lipinski definition) is 2. The molecule has 1 aliphatic rings. The summed E-state index contributed by atoms with van der Waals surface area (Å²) in [5, 5.41) is 6.67. The molecule has 0 bridgehead atoms. The van der Waals surface area contributed by atoms with Crippen LogP contribution in [0.3, 0.4) is 0 Å². The number of hydrogen-bond acceptors (Lipinski definition) is 3. The molecule has 126 valence electrons. The van der Waals surface area contributed by atoms with Crippen LogP contribution in [0.2, 0.25) is 0 Å². The Morgan fingerprint density at radius 2 is 1.90 bits per heavy atom. The van der Waals surface area contributed by atoms with Crippen LogP contribution >= 0.6 is 24.0 Å². The fourth-order valence-electron chi connectivity index (χ4n) is 2.21. The zero-order valence-electron chi connectivity index (χ0n) is 14.2. The van der Waals surface area contributed by atoms with Crippen LogP contribution in [0.15, 0.2) is 4.99 Å². The number of methoxy groups -OCH3 is 1. The third-order valence-electron chi connectivity index (χ3n) is 4.05. The highest BCUT2D eigenvalue weighted by Crippen LogP contribution is 2.15. The molecule has 1 heterocycles. The van der Waals surface area contributed by atoms with E-state index in [0.717, 1.165) is 31.5 Å². The number of nitrogens with zero attached hydrogens (tertiary/aromatic N) is 2. The molecule has 1 fully saturated rings. The zero-order valence-corrected chi connectivity index (χ0v) is 16.6. The Kier molecular flexibility index (Phi) is 10.6. The minimum atomic E-state index is -0.180. The Morgan fingerprint density at radius 1 is 1.29 bits per heavy atom. The van der Waals surface area contributed by atoms with Gasteiger partial charge in [-0.1, -0.05) is 6.92 Å². The van der Waals surface area contributed by atoms with Gasteiger partial charge in [-0.15, -0.1) is 24.0 Å². The summed E-state index contributed by atoms with van der Waals surface area (Å²) >= 11 is 0. The summed E-state index contributed by atoms with van der Waals surface area (Å²) in [7, 11) is 3.53. The van der Waals surface area contributed by atoms with Gasteiger partial charge in [0.1, 0.15) is 0 Å². The quantitative estimate of drug-likeness (QED) is 0.398. The SMILES string of the molecule is CN=C(NCCN1CCC(C)CC1)NCC(C)(C)OC.I. The van der Waals surface area contributed by atoms with Crippen molar-refractivity contribution in [2.75, 3.05) is 46.9 Å². The fraction of sp³-hybridized carbons (Fsp3) is 0.933. The molecule has 0 spiro atoms. The van der Waals surface area contributed by atoms with Crippen LogP contribution in [0.4, 0.5) is 0 Å². The molecule has 1 aliphatic heterocycles. The van der Waals surface area contributed by atoms with E-state index < -0.39 is 0 Å². The maximum absolute atomic E-state index is 5.39. The Bertz CT molecular complexity index is 302. The van der Waals surface area contributed by atoms with Crippen LogP contribution in [-0.2, 0) is 4.74 Å². The lowest BCUT2D eigenvalue weighted by molar-refractivity contribution is 0.0268. The number of ether oxygens (including phenoxy) is 1.